The summed E-state index contributed by atoms with van der Waals surface area (Å²) in [5.41, 5.74) is 4.84. The molecule has 0 saturated heterocycles. The maximum atomic E-state index is 11.5. The molecule has 39 heavy (non-hydrogen) atoms. The van der Waals surface area contributed by atoms with E-state index >= 15 is 0 Å². The maximum absolute atomic E-state index is 11.5. The molecule has 7 nitrogen and oxygen atoms in total. The summed E-state index contributed by atoms with van der Waals surface area (Å²) < 4.78 is 7.12. The summed E-state index contributed by atoms with van der Waals surface area (Å²) in [6, 6.07) is 20.5. The minimum absolute atomic E-state index is 0.135. The monoisotopic (exact) mass is 578 g/mol. The van der Waals surface area contributed by atoms with Gasteiger partial charge in [0.1, 0.15) is 23.7 Å². The first-order valence-electron chi connectivity index (χ1n) is 12.0. The Morgan fingerprint density at radius 3 is 2.38 bits per heavy atom. The van der Waals surface area contributed by atoms with Crippen molar-refractivity contribution in [3.8, 4) is 39.8 Å². The molecular weight excluding hydrogens is 555 g/mol. The van der Waals surface area contributed by atoms with Gasteiger partial charge in [0.15, 0.2) is 11.0 Å². The van der Waals surface area contributed by atoms with E-state index in [-0.39, 0.29) is 22.5 Å². The number of aliphatic hydroxyl groups is 1. The molecule has 2 N–H and O–H groups in total. The molecule has 0 radical (unpaired) electrons. The van der Waals surface area contributed by atoms with E-state index in [4.69, 9.17) is 32.9 Å². The zero-order valence-corrected chi connectivity index (χ0v) is 23.4. The van der Waals surface area contributed by atoms with Crippen molar-refractivity contribution < 1.29 is 15.1 Å². The molecule has 5 rings (SSSR count). The van der Waals surface area contributed by atoms with Gasteiger partial charge >= 0.3 is 0 Å². The van der Waals surface area contributed by atoms with Crippen molar-refractivity contribution >= 4 is 35.0 Å². The Morgan fingerprint density at radius 2 is 1.69 bits per heavy atom. The average Bonchev–Trinajstić information content (AvgIpc) is 3.29. The molecule has 0 amide bonds. The average molecular weight is 580 g/mol. The van der Waals surface area contributed by atoms with Crippen molar-refractivity contribution in [1.82, 2.24) is 19.7 Å². The summed E-state index contributed by atoms with van der Waals surface area (Å²) in [6.45, 7) is 2.13. The van der Waals surface area contributed by atoms with Crippen LogP contribution in [0.25, 0.3) is 34.0 Å². The van der Waals surface area contributed by atoms with Crippen molar-refractivity contribution in [3.63, 3.8) is 0 Å². The predicted octanol–water partition coefficient (Wildman–Crippen LogP) is 7.32. The predicted molar refractivity (Wildman–Crippen MR) is 155 cm³/mol. The highest BCUT2D eigenvalue weighted by Crippen LogP contribution is 2.41. The largest absolute Gasteiger partial charge is 0.489 e. The number of nitrogens with zero attached hydrogens (tertiary/aromatic N) is 4. The Balaban J connectivity index is 1.67. The molecule has 2 heterocycles. The Bertz CT molecular complexity index is 1620. The number of rotatable bonds is 8. The van der Waals surface area contributed by atoms with Crippen molar-refractivity contribution in [2.75, 3.05) is 6.26 Å². The quantitative estimate of drug-likeness (QED) is 0.113. The van der Waals surface area contributed by atoms with Crippen LogP contribution < -0.4 is 4.74 Å². The van der Waals surface area contributed by atoms with Gasteiger partial charge < -0.3 is 15.1 Å². The Kier molecular flexibility index (Phi) is 8.09. The topological polar surface area (TPSA) is 93.3 Å². The van der Waals surface area contributed by atoms with E-state index in [1.54, 1.807) is 24.4 Å². The third-order valence-corrected chi connectivity index (χ3v) is 7.28. The lowest BCUT2D eigenvalue weighted by molar-refractivity contribution is 0.195. The SMILES string of the molecule is CSc1nccc(-c2nc(-c3c(Cl)cc(CO)cc3Cl)n(O)c2-c2ccc(C)c(OCc3ccccc3)c2)n1. The minimum atomic E-state index is -0.225. The third kappa shape index (κ3) is 5.60. The van der Waals surface area contributed by atoms with Crippen LogP contribution in [0.3, 0.4) is 0 Å². The van der Waals surface area contributed by atoms with E-state index in [1.807, 2.05) is 61.7 Å². The number of aromatic nitrogens is 4. The van der Waals surface area contributed by atoms with Crippen LogP contribution in [-0.2, 0) is 13.2 Å². The number of ether oxygens (including phenoxy) is 1. The second kappa shape index (κ2) is 11.7. The Morgan fingerprint density at radius 1 is 0.949 bits per heavy atom. The Labute approximate surface area is 240 Å². The second-order valence-electron chi connectivity index (χ2n) is 8.72. The van der Waals surface area contributed by atoms with E-state index < -0.39 is 0 Å². The van der Waals surface area contributed by atoms with E-state index in [9.17, 15) is 10.3 Å². The summed E-state index contributed by atoms with van der Waals surface area (Å²) in [5, 5.41) is 22.1. The number of benzene rings is 3. The lowest BCUT2D eigenvalue weighted by atomic mass is 10.1. The van der Waals surface area contributed by atoms with Gasteiger partial charge in [-0.3, -0.25) is 0 Å². The highest BCUT2D eigenvalue weighted by molar-refractivity contribution is 7.98. The highest BCUT2D eigenvalue weighted by Gasteiger charge is 2.26. The smallest absolute Gasteiger partial charge is 0.187 e. The van der Waals surface area contributed by atoms with Crippen LogP contribution in [0.5, 0.6) is 5.75 Å². The number of imidazole rings is 1. The van der Waals surface area contributed by atoms with Gasteiger partial charge in [-0.25, -0.2) is 15.0 Å². The Hall–Kier alpha value is -3.56. The molecule has 198 valence electrons. The van der Waals surface area contributed by atoms with Gasteiger partial charge in [-0.05, 0) is 54.1 Å². The first-order valence-corrected chi connectivity index (χ1v) is 13.9. The first kappa shape index (κ1) is 27.0. The fourth-order valence-electron chi connectivity index (χ4n) is 4.15. The van der Waals surface area contributed by atoms with Crippen LogP contribution in [0.2, 0.25) is 10.0 Å². The van der Waals surface area contributed by atoms with E-state index in [2.05, 4.69) is 9.97 Å². The standard InChI is InChI=1S/C29H24Cl2N4O3S/c1-17-8-9-20(14-24(17)38-16-18-6-4-3-5-7-18)27-26(23-10-11-32-29(33-23)39-2)34-28(35(27)37)25-21(30)12-19(15-36)13-22(25)31/h3-14,36-37H,15-16H2,1-2H3. The van der Waals surface area contributed by atoms with Gasteiger partial charge in [-0.2, -0.15) is 4.73 Å². The molecule has 0 atom stereocenters. The number of thioether (sulfide) groups is 1. The summed E-state index contributed by atoms with van der Waals surface area (Å²) >= 11 is 14.5. The molecule has 0 fully saturated rings. The molecule has 0 aliphatic heterocycles. The first-order chi connectivity index (χ1) is 18.9. The van der Waals surface area contributed by atoms with Gasteiger partial charge in [0.2, 0.25) is 0 Å². The van der Waals surface area contributed by atoms with Gasteiger partial charge in [-0.1, -0.05) is 77.4 Å². The van der Waals surface area contributed by atoms with Crippen molar-refractivity contribution in [3.05, 3.63) is 99.7 Å². The molecule has 10 heteroatoms. The number of hydrogen-bond donors (Lipinski definition) is 2. The summed E-state index contributed by atoms with van der Waals surface area (Å²) in [7, 11) is 0. The van der Waals surface area contributed by atoms with Crippen LogP contribution >= 0.6 is 35.0 Å². The van der Waals surface area contributed by atoms with E-state index in [1.165, 1.54) is 11.8 Å². The maximum Gasteiger partial charge on any atom is 0.187 e. The number of halogens is 2. The zero-order chi connectivity index (χ0) is 27.5. The van der Waals surface area contributed by atoms with Gasteiger partial charge in [0.25, 0.3) is 0 Å². The summed E-state index contributed by atoms with van der Waals surface area (Å²) in [4.78, 5) is 13.7. The summed E-state index contributed by atoms with van der Waals surface area (Å²) in [5.74, 6) is 0.803. The minimum Gasteiger partial charge on any atom is -0.489 e. The fraction of sp³-hybridized carbons (Fsp3) is 0.138. The number of aryl methyl sites for hydroxylation is 1. The lowest BCUT2D eigenvalue weighted by Gasteiger charge is -2.13. The number of aliphatic hydroxyl groups excluding tert-OH is 1. The highest BCUT2D eigenvalue weighted by atomic mass is 35.5. The molecule has 5 aromatic rings. The molecule has 3 aromatic carbocycles. The molecule has 0 unspecified atom stereocenters. The fourth-order valence-corrected chi connectivity index (χ4v) is 5.21. The van der Waals surface area contributed by atoms with E-state index in [0.717, 1.165) is 15.9 Å². The molecule has 0 aliphatic rings. The molecular formula is C29H24Cl2N4O3S. The van der Waals surface area contributed by atoms with Crippen LogP contribution in [0.15, 0.2) is 78.1 Å². The van der Waals surface area contributed by atoms with Crippen LogP contribution in [0.4, 0.5) is 0 Å². The van der Waals surface area contributed by atoms with Crippen molar-refractivity contribution in [2.45, 2.75) is 25.3 Å². The molecule has 2 aromatic heterocycles. The van der Waals surface area contributed by atoms with Gasteiger partial charge in [0.05, 0.1) is 27.9 Å². The van der Waals surface area contributed by atoms with Crippen LogP contribution in [0.1, 0.15) is 16.7 Å². The third-order valence-electron chi connectivity index (χ3n) is 6.12. The second-order valence-corrected chi connectivity index (χ2v) is 10.3. The molecule has 0 spiro atoms. The molecule has 0 saturated carbocycles. The number of hydrogen-bond acceptors (Lipinski definition) is 7. The van der Waals surface area contributed by atoms with Gasteiger partial charge in [-0.15, -0.1) is 0 Å². The van der Waals surface area contributed by atoms with Crippen molar-refractivity contribution in [1.29, 1.82) is 0 Å². The molecule has 0 aliphatic carbocycles. The van der Waals surface area contributed by atoms with Crippen molar-refractivity contribution in [2.24, 2.45) is 0 Å². The summed E-state index contributed by atoms with van der Waals surface area (Å²) in [6.07, 6.45) is 3.53. The van der Waals surface area contributed by atoms with Gasteiger partial charge in [0, 0.05) is 11.8 Å². The normalized spacial score (nSPS) is 11.1. The van der Waals surface area contributed by atoms with Crippen LogP contribution in [-0.4, -0.2) is 36.3 Å². The molecule has 0 bridgehead atoms. The van der Waals surface area contributed by atoms with E-state index in [0.29, 0.717) is 51.3 Å². The zero-order valence-electron chi connectivity index (χ0n) is 21.1. The lowest BCUT2D eigenvalue weighted by Crippen LogP contribution is -2.01. The van der Waals surface area contributed by atoms with Crippen LogP contribution in [0, 0.1) is 6.92 Å².